The molecule has 0 bridgehead atoms. The second-order valence-electron chi connectivity index (χ2n) is 5.26. The first-order chi connectivity index (χ1) is 12.0. The van der Waals surface area contributed by atoms with Crippen LogP contribution in [-0.2, 0) is 4.74 Å². The molecule has 0 unspecified atom stereocenters. The number of nitrogens with one attached hydrogen (secondary N) is 1. The maximum atomic E-state index is 12.6. The van der Waals surface area contributed by atoms with Crippen molar-refractivity contribution in [3.8, 4) is 12.1 Å². The third-order valence-corrected chi connectivity index (χ3v) is 3.74. The number of nitrogens with zero attached hydrogens (tertiary/aromatic N) is 4. The van der Waals surface area contributed by atoms with Crippen molar-refractivity contribution in [1.82, 2.24) is 4.90 Å². The summed E-state index contributed by atoms with van der Waals surface area (Å²) in [6.07, 6.45) is 1.15. The summed E-state index contributed by atoms with van der Waals surface area (Å²) >= 11 is 0. The molecule has 0 saturated carbocycles. The van der Waals surface area contributed by atoms with Crippen LogP contribution in [0.15, 0.2) is 23.9 Å². The van der Waals surface area contributed by atoms with Crippen LogP contribution < -0.4 is 5.32 Å². The molecule has 1 aromatic rings. The zero-order valence-electron chi connectivity index (χ0n) is 13.5. The van der Waals surface area contributed by atoms with Gasteiger partial charge in [0.25, 0.3) is 11.6 Å². The number of nitro benzene ring substituents is 1. The number of carbonyl (C=O) groups excluding carboxylic acids is 1. The van der Waals surface area contributed by atoms with Gasteiger partial charge in [-0.15, -0.1) is 0 Å². The summed E-state index contributed by atoms with van der Waals surface area (Å²) in [5.41, 5.74) is 0.340. The summed E-state index contributed by atoms with van der Waals surface area (Å²) in [5, 5.41) is 31.5. The van der Waals surface area contributed by atoms with Gasteiger partial charge < -0.3 is 15.0 Å². The van der Waals surface area contributed by atoms with Gasteiger partial charge in [-0.1, -0.05) is 0 Å². The number of benzene rings is 1. The Kier molecular flexibility index (Phi) is 5.66. The van der Waals surface area contributed by atoms with Crippen LogP contribution in [0.3, 0.4) is 0 Å². The molecule has 9 heteroatoms. The molecule has 1 fully saturated rings. The fourth-order valence-corrected chi connectivity index (χ4v) is 2.35. The fraction of sp³-hybridized carbons (Fsp3) is 0.312. The fourth-order valence-electron chi connectivity index (χ4n) is 2.35. The lowest BCUT2D eigenvalue weighted by Crippen LogP contribution is -2.40. The van der Waals surface area contributed by atoms with Crippen molar-refractivity contribution in [1.29, 1.82) is 10.5 Å². The number of rotatable bonds is 4. The predicted molar refractivity (Wildman–Crippen MR) is 87.5 cm³/mol. The van der Waals surface area contributed by atoms with E-state index in [9.17, 15) is 14.9 Å². The van der Waals surface area contributed by atoms with E-state index in [0.717, 1.165) is 6.20 Å². The molecule has 0 spiro atoms. The van der Waals surface area contributed by atoms with E-state index in [4.69, 9.17) is 15.3 Å². The number of nitriles is 2. The van der Waals surface area contributed by atoms with Crippen LogP contribution in [0.2, 0.25) is 0 Å². The largest absolute Gasteiger partial charge is 0.378 e. The van der Waals surface area contributed by atoms with Gasteiger partial charge in [-0.2, -0.15) is 10.5 Å². The number of morpholine rings is 1. The van der Waals surface area contributed by atoms with Gasteiger partial charge in [0.1, 0.15) is 17.7 Å². The normalized spacial score (nSPS) is 13.3. The highest BCUT2D eigenvalue weighted by Gasteiger charge is 2.23. The summed E-state index contributed by atoms with van der Waals surface area (Å²) in [5.74, 6) is -0.334. The second kappa shape index (κ2) is 7.90. The zero-order chi connectivity index (χ0) is 18.4. The monoisotopic (exact) mass is 341 g/mol. The Morgan fingerprint density at radius 2 is 2.00 bits per heavy atom. The van der Waals surface area contributed by atoms with E-state index >= 15 is 0 Å². The van der Waals surface area contributed by atoms with Crippen molar-refractivity contribution < 1.29 is 14.5 Å². The van der Waals surface area contributed by atoms with Crippen LogP contribution >= 0.6 is 0 Å². The molecule has 1 saturated heterocycles. The van der Waals surface area contributed by atoms with Crippen molar-refractivity contribution in [2.45, 2.75) is 6.92 Å². The first-order valence-electron chi connectivity index (χ1n) is 7.41. The summed E-state index contributed by atoms with van der Waals surface area (Å²) in [6.45, 7) is 3.19. The van der Waals surface area contributed by atoms with Gasteiger partial charge in [-0.3, -0.25) is 14.9 Å². The van der Waals surface area contributed by atoms with Gasteiger partial charge in [0.15, 0.2) is 0 Å². The number of anilines is 1. The van der Waals surface area contributed by atoms with Gasteiger partial charge >= 0.3 is 0 Å². The highest BCUT2D eigenvalue weighted by atomic mass is 16.6. The molecular formula is C16H15N5O4. The van der Waals surface area contributed by atoms with Gasteiger partial charge in [-0.05, 0) is 13.0 Å². The molecule has 1 heterocycles. The van der Waals surface area contributed by atoms with E-state index in [2.05, 4.69) is 5.32 Å². The SMILES string of the molecule is Cc1c(NC=C(C#N)C#N)cc(C(=O)N2CCOCC2)cc1[N+](=O)[O-]. The molecule has 1 aliphatic rings. The first kappa shape index (κ1) is 17.9. The average Bonchev–Trinajstić information content (AvgIpc) is 2.63. The summed E-state index contributed by atoms with van der Waals surface area (Å²) in [6, 6.07) is 6.07. The Morgan fingerprint density at radius 3 is 2.56 bits per heavy atom. The summed E-state index contributed by atoms with van der Waals surface area (Å²) in [7, 11) is 0. The van der Waals surface area contributed by atoms with Crippen molar-refractivity contribution in [3.63, 3.8) is 0 Å². The zero-order valence-corrected chi connectivity index (χ0v) is 13.5. The van der Waals surface area contributed by atoms with Crippen LogP contribution in [0, 0.1) is 39.7 Å². The number of amides is 1. The standard InChI is InChI=1S/C16H15N5O4/c1-11-14(19-10-12(8-17)9-18)6-13(7-15(11)21(23)24)16(22)20-2-4-25-5-3-20/h6-7,10,19H,2-5H2,1H3. The van der Waals surface area contributed by atoms with Crippen LogP contribution in [0.5, 0.6) is 0 Å². The van der Waals surface area contributed by atoms with Crippen molar-refractivity contribution in [3.05, 3.63) is 45.1 Å². The highest BCUT2D eigenvalue weighted by Crippen LogP contribution is 2.29. The van der Waals surface area contributed by atoms with Crippen molar-refractivity contribution >= 4 is 17.3 Å². The molecule has 0 radical (unpaired) electrons. The number of hydrogen-bond donors (Lipinski definition) is 1. The van der Waals surface area contributed by atoms with Gasteiger partial charge in [0, 0.05) is 36.6 Å². The van der Waals surface area contributed by atoms with Gasteiger partial charge in [0.2, 0.25) is 0 Å². The average molecular weight is 341 g/mol. The highest BCUT2D eigenvalue weighted by molar-refractivity contribution is 5.96. The second-order valence-corrected chi connectivity index (χ2v) is 5.26. The molecule has 128 valence electrons. The van der Waals surface area contributed by atoms with E-state index in [1.807, 2.05) is 0 Å². The molecule has 1 N–H and O–H groups in total. The molecule has 1 amide bonds. The Bertz CT molecular complexity index is 797. The lowest BCUT2D eigenvalue weighted by atomic mass is 10.1. The Morgan fingerprint density at radius 1 is 1.36 bits per heavy atom. The summed E-state index contributed by atoms with van der Waals surface area (Å²) < 4.78 is 5.20. The van der Waals surface area contributed by atoms with E-state index in [-0.39, 0.29) is 28.4 Å². The smallest absolute Gasteiger partial charge is 0.275 e. The maximum absolute atomic E-state index is 12.6. The molecule has 0 aromatic heterocycles. The minimum absolute atomic E-state index is 0.158. The molecule has 9 nitrogen and oxygen atoms in total. The minimum atomic E-state index is -0.574. The van der Waals surface area contributed by atoms with Crippen LogP contribution in [0.1, 0.15) is 15.9 Å². The summed E-state index contributed by atoms with van der Waals surface area (Å²) in [4.78, 5) is 24.9. The topological polar surface area (TPSA) is 132 Å². The number of nitro groups is 1. The molecular weight excluding hydrogens is 326 g/mol. The van der Waals surface area contributed by atoms with Crippen LogP contribution in [0.4, 0.5) is 11.4 Å². The maximum Gasteiger partial charge on any atom is 0.275 e. The van der Waals surface area contributed by atoms with Crippen molar-refractivity contribution in [2.24, 2.45) is 0 Å². The quantitative estimate of drug-likeness (QED) is 0.501. The van der Waals surface area contributed by atoms with E-state index in [1.165, 1.54) is 19.1 Å². The number of hydrogen-bond acceptors (Lipinski definition) is 7. The van der Waals surface area contributed by atoms with Crippen molar-refractivity contribution in [2.75, 3.05) is 31.6 Å². The number of allylic oxidation sites excluding steroid dienone is 1. The lowest BCUT2D eigenvalue weighted by Gasteiger charge is -2.27. The van der Waals surface area contributed by atoms with Gasteiger partial charge in [-0.25, -0.2) is 0 Å². The first-order valence-corrected chi connectivity index (χ1v) is 7.41. The number of ether oxygens (including phenoxy) is 1. The molecule has 0 atom stereocenters. The molecule has 2 rings (SSSR count). The Hall–Kier alpha value is -3.43. The third kappa shape index (κ3) is 4.10. The molecule has 1 aromatic carbocycles. The third-order valence-electron chi connectivity index (χ3n) is 3.74. The van der Waals surface area contributed by atoms with Crippen LogP contribution in [0.25, 0.3) is 0 Å². The minimum Gasteiger partial charge on any atom is -0.378 e. The Labute approximate surface area is 143 Å². The van der Waals surface area contributed by atoms with E-state index in [1.54, 1.807) is 17.0 Å². The molecule has 1 aliphatic heterocycles. The van der Waals surface area contributed by atoms with Gasteiger partial charge in [0.05, 0.1) is 23.7 Å². The lowest BCUT2D eigenvalue weighted by molar-refractivity contribution is -0.385. The van der Waals surface area contributed by atoms with Crippen LogP contribution in [-0.4, -0.2) is 42.0 Å². The molecule has 25 heavy (non-hydrogen) atoms. The molecule has 0 aliphatic carbocycles. The van der Waals surface area contributed by atoms with E-state index in [0.29, 0.717) is 31.9 Å². The number of carbonyl (C=O) groups is 1. The Balaban J connectivity index is 2.42. The predicted octanol–water partition coefficient (Wildman–Crippen LogP) is 1.72. The van der Waals surface area contributed by atoms with E-state index < -0.39 is 4.92 Å².